The maximum atomic E-state index is 13.1. The second-order valence-corrected chi connectivity index (χ2v) is 11.1. The first-order chi connectivity index (χ1) is 12.8. The van der Waals surface area contributed by atoms with Gasteiger partial charge in [-0.3, -0.25) is 19.3 Å². The van der Waals surface area contributed by atoms with Gasteiger partial charge >= 0.3 is 0 Å². The molecule has 28 heavy (non-hydrogen) atoms. The van der Waals surface area contributed by atoms with Crippen LogP contribution in [0.3, 0.4) is 0 Å². The highest BCUT2D eigenvalue weighted by Crippen LogP contribution is 2.36. The van der Waals surface area contributed by atoms with Crippen LogP contribution < -0.4 is 5.32 Å². The number of amides is 3. The summed E-state index contributed by atoms with van der Waals surface area (Å²) in [5.41, 5.74) is 0. The molecule has 1 heterocycles. The van der Waals surface area contributed by atoms with Crippen molar-refractivity contribution >= 4 is 87.3 Å². The first-order valence-electron chi connectivity index (χ1n) is 8.34. The lowest BCUT2D eigenvalue weighted by atomic mass is 10.1. The van der Waals surface area contributed by atoms with Crippen LogP contribution >= 0.6 is 69.6 Å². The van der Waals surface area contributed by atoms with Crippen molar-refractivity contribution in [2.45, 2.75) is 58.7 Å². The van der Waals surface area contributed by atoms with Gasteiger partial charge in [-0.15, -0.1) is 0 Å². The predicted octanol–water partition coefficient (Wildman–Crippen LogP) is 4.45. The number of nitrogens with zero attached hydrogens (tertiary/aromatic N) is 1. The van der Waals surface area contributed by atoms with Gasteiger partial charge in [0.2, 0.25) is 5.91 Å². The molecule has 1 unspecified atom stereocenters. The van der Waals surface area contributed by atoms with Gasteiger partial charge in [-0.05, 0) is 25.7 Å². The fraction of sp³-hybridized carbons (Fsp3) is 0.688. The number of hydrogen-bond donors (Lipinski definition) is 1. The number of imide groups is 1. The molecule has 0 radical (unpaired) electrons. The Balaban J connectivity index is 3.07. The smallest absolute Gasteiger partial charge is 0.257 e. The number of rotatable bonds is 8. The Kier molecular flexibility index (Phi) is 9.98. The zero-order chi connectivity index (χ0) is 21.7. The molecule has 3 amide bonds. The molecule has 12 heteroatoms. The van der Waals surface area contributed by atoms with Gasteiger partial charge in [0.25, 0.3) is 11.8 Å². The standard InChI is InChI=1S/C16H20Cl6N2O4/c1-3-12(25)23-9(4-6-15(17,18)19)14(27)24-10(5-7-16(20,21)22)11(28-2)8-13(24)26/h8-10H,3-7H2,1-2H3,(H,23,25)/t9-,10?/m0/s1. The number of halogens is 6. The Hall–Kier alpha value is -0.110. The topological polar surface area (TPSA) is 75.7 Å². The summed E-state index contributed by atoms with van der Waals surface area (Å²) in [4.78, 5) is 38.4. The maximum Gasteiger partial charge on any atom is 0.257 e. The summed E-state index contributed by atoms with van der Waals surface area (Å²) in [7, 11) is 1.37. The van der Waals surface area contributed by atoms with Crippen LogP contribution in [0.15, 0.2) is 11.8 Å². The molecule has 1 N–H and O–H groups in total. The van der Waals surface area contributed by atoms with E-state index in [1.54, 1.807) is 6.92 Å². The van der Waals surface area contributed by atoms with Gasteiger partial charge in [0, 0.05) is 12.5 Å². The van der Waals surface area contributed by atoms with Crippen molar-refractivity contribution in [3.8, 4) is 0 Å². The van der Waals surface area contributed by atoms with Crippen LogP contribution in [0, 0.1) is 0 Å². The van der Waals surface area contributed by atoms with Crippen LogP contribution in [-0.4, -0.2) is 49.4 Å². The van der Waals surface area contributed by atoms with E-state index in [9.17, 15) is 14.4 Å². The number of carbonyl (C=O) groups excluding carboxylic acids is 3. The van der Waals surface area contributed by atoms with Crippen molar-refractivity contribution < 1.29 is 19.1 Å². The Labute approximate surface area is 193 Å². The molecular formula is C16H20Cl6N2O4. The summed E-state index contributed by atoms with van der Waals surface area (Å²) in [6, 6.07) is -1.83. The van der Waals surface area contributed by atoms with Crippen molar-refractivity contribution in [3.63, 3.8) is 0 Å². The normalized spacial score (nSPS) is 18.7. The van der Waals surface area contributed by atoms with Crippen LogP contribution in [0.1, 0.15) is 39.0 Å². The monoisotopic (exact) mass is 514 g/mol. The van der Waals surface area contributed by atoms with Crippen molar-refractivity contribution in [2.75, 3.05) is 7.11 Å². The third-order valence-corrected chi connectivity index (χ3v) is 5.12. The summed E-state index contributed by atoms with van der Waals surface area (Å²) in [5, 5.41) is 2.56. The van der Waals surface area contributed by atoms with Gasteiger partial charge in [0.1, 0.15) is 11.8 Å². The second-order valence-electron chi connectivity index (χ2n) is 6.09. The SMILES string of the molecule is CCC(=O)N[C@@H](CCC(Cl)(Cl)Cl)C(=O)N1C(=O)C=C(OC)C1CCC(Cl)(Cl)Cl. The highest BCUT2D eigenvalue weighted by molar-refractivity contribution is 6.67. The molecule has 0 spiro atoms. The number of nitrogens with one attached hydrogen (secondary N) is 1. The minimum atomic E-state index is -1.62. The van der Waals surface area contributed by atoms with Crippen molar-refractivity contribution in [1.82, 2.24) is 10.2 Å². The van der Waals surface area contributed by atoms with Gasteiger partial charge in [-0.1, -0.05) is 76.5 Å². The lowest BCUT2D eigenvalue weighted by Gasteiger charge is -2.30. The van der Waals surface area contributed by atoms with Crippen LogP contribution in [0.25, 0.3) is 0 Å². The summed E-state index contributed by atoms with van der Waals surface area (Å²) >= 11 is 34.7. The molecule has 0 fully saturated rings. The van der Waals surface area contributed by atoms with Crippen LogP contribution in [0.4, 0.5) is 0 Å². The third-order valence-electron chi connectivity index (χ3n) is 3.99. The van der Waals surface area contributed by atoms with E-state index in [1.807, 2.05) is 0 Å². The van der Waals surface area contributed by atoms with E-state index in [1.165, 1.54) is 13.2 Å². The van der Waals surface area contributed by atoms with Crippen molar-refractivity contribution in [2.24, 2.45) is 0 Å². The van der Waals surface area contributed by atoms with E-state index in [0.717, 1.165) is 4.90 Å². The maximum absolute atomic E-state index is 13.1. The average Bonchev–Trinajstić information content (AvgIpc) is 2.89. The molecule has 0 saturated carbocycles. The van der Waals surface area contributed by atoms with E-state index < -0.39 is 31.5 Å². The van der Waals surface area contributed by atoms with E-state index in [-0.39, 0.29) is 43.8 Å². The van der Waals surface area contributed by atoms with Crippen LogP contribution in [0.2, 0.25) is 0 Å². The molecule has 160 valence electrons. The first kappa shape index (κ1) is 25.9. The fourth-order valence-electron chi connectivity index (χ4n) is 2.63. The molecule has 0 bridgehead atoms. The number of alkyl halides is 6. The molecular weight excluding hydrogens is 497 g/mol. The number of methoxy groups -OCH3 is 1. The van der Waals surface area contributed by atoms with Crippen molar-refractivity contribution in [1.29, 1.82) is 0 Å². The molecule has 0 aromatic carbocycles. The van der Waals surface area contributed by atoms with Crippen molar-refractivity contribution in [3.05, 3.63) is 11.8 Å². The van der Waals surface area contributed by atoms with E-state index in [2.05, 4.69) is 5.32 Å². The minimum Gasteiger partial charge on any atom is -0.499 e. The fourth-order valence-corrected chi connectivity index (χ4v) is 3.28. The van der Waals surface area contributed by atoms with Crippen LogP contribution in [0.5, 0.6) is 0 Å². The van der Waals surface area contributed by atoms with Gasteiger partial charge in [0.15, 0.2) is 7.59 Å². The molecule has 1 aliphatic heterocycles. The Morgan fingerprint density at radius 3 is 2.21 bits per heavy atom. The molecule has 1 aliphatic rings. The summed E-state index contributed by atoms with van der Waals surface area (Å²) in [5.74, 6) is -1.37. The lowest BCUT2D eigenvalue weighted by Crippen LogP contribution is -2.52. The third kappa shape index (κ3) is 8.33. The molecule has 0 saturated heterocycles. The van der Waals surface area contributed by atoms with Gasteiger partial charge in [-0.25, -0.2) is 0 Å². The number of ether oxygens (including phenoxy) is 1. The largest absolute Gasteiger partial charge is 0.499 e. The first-order valence-corrected chi connectivity index (χ1v) is 10.6. The molecule has 0 aromatic rings. The van der Waals surface area contributed by atoms with E-state index in [4.69, 9.17) is 74.3 Å². The Morgan fingerprint density at radius 2 is 1.75 bits per heavy atom. The predicted molar refractivity (Wildman–Crippen MR) is 112 cm³/mol. The number of hydrogen-bond acceptors (Lipinski definition) is 4. The minimum absolute atomic E-state index is 0.0104. The zero-order valence-electron chi connectivity index (χ0n) is 15.1. The van der Waals surface area contributed by atoms with Gasteiger partial charge < -0.3 is 10.1 Å². The van der Waals surface area contributed by atoms with Gasteiger partial charge in [0.05, 0.1) is 13.2 Å². The molecule has 0 aliphatic carbocycles. The highest BCUT2D eigenvalue weighted by Gasteiger charge is 2.42. The second kappa shape index (κ2) is 10.8. The molecule has 2 atom stereocenters. The van der Waals surface area contributed by atoms with E-state index in [0.29, 0.717) is 0 Å². The summed E-state index contributed by atoms with van der Waals surface area (Å²) < 4.78 is 2.02. The molecule has 6 nitrogen and oxygen atoms in total. The summed E-state index contributed by atoms with van der Waals surface area (Å²) in [6.45, 7) is 1.63. The van der Waals surface area contributed by atoms with Gasteiger partial charge in [-0.2, -0.15) is 0 Å². The quantitative estimate of drug-likeness (QED) is 0.484. The molecule has 0 aromatic heterocycles. The highest BCUT2D eigenvalue weighted by atomic mass is 35.6. The van der Waals surface area contributed by atoms with E-state index >= 15 is 0 Å². The Bertz CT molecular complexity index is 630. The average molecular weight is 517 g/mol. The molecule has 1 rings (SSSR count). The van der Waals surface area contributed by atoms with Crippen LogP contribution in [-0.2, 0) is 19.1 Å². The lowest BCUT2D eigenvalue weighted by molar-refractivity contribution is -0.146. The number of carbonyl (C=O) groups is 3. The Morgan fingerprint density at radius 1 is 1.18 bits per heavy atom. The zero-order valence-corrected chi connectivity index (χ0v) is 19.7. The summed E-state index contributed by atoms with van der Waals surface area (Å²) in [6.07, 6.45) is 1.57.